The molecule has 3 N–H and O–H groups in total. The number of aliphatic hydroxyl groups is 1. The SMILES string of the molecule is CCCCNC(=O)C1N(CCCCCCO)C(=O)[C@@H]2[C@@H](C(=O)NC)[C@]3(C)OC12CC3C. The molecule has 0 radical (unpaired) electrons. The summed E-state index contributed by atoms with van der Waals surface area (Å²) in [4.78, 5) is 41.6. The van der Waals surface area contributed by atoms with E-state index in [1.54, 1.807) is 11.9 Å². The van der Waals surface area contributed by atoms with Crippen LogP contribution in [0.2, 0.25) is 0 Å². The quantitative estimate of drug-likeness (QED) is 0.421. The first-order valence-electron chi connectivity index (χ1n) is 11.9. The van der Waals surface area contributed by atoms with E-state index in [1.807, 2.05) is 6.92 Å². The molecule has 3 aliphatic rings. The van der Waals surface area contributed by atoms with Gasteiger partial charge in [0.1, 0.15) is 11.6 Å². The van der Waals surface area contributed by atoms with Crippen molar-refractivity contribution in [3.63, 3.8) is 0 Å². The number of rotatable bonds is 11. The van der Waals surface area contributed by atoms with E-state index in [4.69, 9.17) is 9.84 Å². The van der Waals surface area contributed by atoms with Crippen molar-refractivity contribution >= 4 is 17.7 Å². The zero-order valence-electron chi connectivity index (χ0n) is 19.4. The van der Waals surface area contributed by atoms with Crippen molar-refractivity contribution in [1.29, 1.82) is 0 Å². The minimum absolute atomic E-state index is 0.0642. The van der Waals surface area contributed by atoms with Crippen molar-refractivity contribution in [2.45, 2.75) is 83.0 Å². The standard InChI is InChI=1S/C23H39N3O5/c1-5-6-11-25-20(29)18-23-14-15(2)22(3,31-23)16(19(28)24-4)17(23)21(30)26(18)12-9-7-8-10-13-27/h15-18,27H,5-14H2,1-4H3,(H,24,28)(H,25,29)/t15?,16-,17-,18?,22+,23?/m0/s1. The maximum absolute atomic E-state index is 13.7. The van der Waals surface area contributed by atoms with Gasteiger partial charge in [0.2, 0.25) is 17.7 Å². The van der Waals surface area contributed by atoms with Gasteiger partial charge in [0.25, 0.3) is 0 Å². The van der Waals surface area contributed by atoms with Crippen molar-refractivity contribution in [2.75, 3.05) is 26.7 Å². The van der Waals surface area contributed by atoms with Gasteiger partial charge in [0.05, 0.1) is 17.4 Å². The molecule has 0 aliphatic carbocycles. The number of aliphatic hydroxyl groups excluding tert-OH is 1. The van der Waals surface area contributed by atoms with Crippen LogP contribution in [0.3, 0.4) is 0 Å². The lowest BCUT2D eigenvalue weighted by Gasteiger charge is -2.36. The fraction of sp³-hybridized carbons (Fsp3) is 0.870. The minimum Gasteiger partial charge on any atom is -0.396 e. The normalized spacial score (nSPS) is 36.0. The first-order chi connectivity index (χ1) is 14.8. The van der Waals surface area contributed by atoms with Crippen LogP contribution in [0, 0.1) is 17.8 Å². The molecule has 3 amide bonds. The van der Waals surface area contributed by atoms with E-state index in [0.29, 0.717) is 19.5 Å². The van der Waals surface area contributed by atoms with Crippen molar-refractivity contribution < 1.29 is 24.2 Å². The van der Waals surface area contributed by atoms with Crippen LogP contribution in [0.5, 0.6) is 0 Å². The Morgan fingerprint density at radius 3 is 2.55 bits per heavy atom. The lowest BCUT2D eigenvalue weighted by atomic mass is 9.62. The highest BCUT2D eigenvalue weighted by Gasteiger charge is 2.79. The van der Waals surface area contributed by atoms with Crippen molar-refractivity contribution in [1.82, 2.24) is 15.5 Å². The Morgan fingerprint density at radius 1 is 1.19 bits per heavy atom. The predicted molar refractivity (Wildman–Crippen MR) is 116 cm³/mol. The molecule has 0 aromatic rings. The summed E-state index contributed by atoms with van der Waals surface area (Å²) in [6.45, 7) is 7.23. The smallest absolute Gasteiger partial charge is 0.245 e. The van der Waals surface area contributed by atoms with Crippen LogP contribution in [0.4, 0.5) is 0 Å². The number of amides is 3. The average molecular weight is 438 g/mol. The van der Waals surface area contributed by atoms with E-state index in [-0.39, 0.29) is 30.2 Å². The molecule has 31 heavy (non-hydrogen) atoms. The summed E-state index contributed by atoms with van der Waals surface area (Å²) in [7, 11) is 1.59. The Kier molecular flexibility index (Phi) is 7.31. The lowest BCUT2D eigenvalue weighted by Crippen LogP contribution is -2.56. The van der Waals surface area contributed by atoms with Crippen molar-refractivity contribution in [2.24, 2.45) is 17.8 Å². The Labute approximate surface area is 185 Å². The predicted octanol–water partition coefficient (Wildman–Crippen LogP) is 1.21. The molecule has 1 spiro atoms. The van der Waals surface area contributed by atoms with Crippen molar-refractivity contribution in [3.8, 4) is 0 Å². The maximum atomic E-state index is 13.7. The molecule has 2 bridgehead atoms. The number of carbonyl (C=O) groups is 3. The van der Waals surface area contributed by atoms with E-state index in [9.17, 15) is 14.4 Å². The van der Waals surface area contributed by atoms with Crippen LogP contribution in [0.15, 0.2) is 0 Å². The van der Waals surface area contributed by atoms with Crippen LogP contribution in [0.1, 0.15) is 65.7 Å². The third-order valence-electron chi connectivity index (χ3n) is 7.73. The number of hydrogen-bond donors (Lipinski definition) is 3. The molecule has 3 fully saturated rings. The summed E-state index contributed by atoms with van der Waals surface area (Å²) >= 11 is 0. The van der Waals surface area contributed by atoms with Crippen molar-refractivity contribution in [3.05, 3.63) is 0 Å². The molecular formula is C23H39N3O5. The molecule has 8 nitrogen and oxygen atoms in total. The van der Waals surface area contributed by atoms with Crippen LogP contribution in [-0.4, -0.2) is 71.7 Å². The van der Waals surface area contributed by atoms with E-state index in [2.05, 4.69) is 24.5 Å². The number of carbonyl (C=O) groups excluding carboxylic acids is 3. The fourth-order valence-electron chi connectivity index (χ4n) is 6.07. The topological polar surface area (TPSA) is 108 Å². The highest BCUT2D eigenvalue weighted by Crippen LogP contribution is 2.65. The number of ether oxygens (including phenoxy) is 1. The molecule has 0 aromatic carbocycles. The summed E-state index contributed by atoms with van der Waals surface area (Å²) in [5, 5.41) is 14.7. The van der Waals surface area contributed by atoms with Crippen LogP contribution in [0.25, 0.3) is 0 Å². The summed E-state index contributed by atoms with van der Waals surface area (Å²) < 4.78 is 6.59. The molecule has 3 saturated heterocycles. The molecule has 0 aromatic heterocycles. The maximum Gasteiger partial charge on any atom is 0.245 e. The second-order valence-corrected chi connectivity index (χ2v) is 9.63. The minimum atomic E-state index is -0.955. The molecule has 176 valence electrons. The molecule has 8 heteroatoms. The second-order valence-electron chi connectivity index (χ2n) is 9.63. The zero-order chi connectivity index (χ0) is 22.8. The van der Waals surface area contributed by atoms with Gasteiger partial charge in [0, 0.05) is 26.7 Å². The number of nitrogens with one attached hydrogen (secondary N) is 2. The van der Waals surface area contributed by atoms with Gasteiger partial charge in [-0.05, 0) is 38.5 Å². The van der Waals surface area contributed by atoms with Gasteiger partial charge in [-0.2, -0.15) is 0 Å². The van der Waals surface area contributed by atoms with Gasteiger partial charge in [-0.15, -0.1) is 0 Å². The molecule has 3 unspecified atom stereocenters. The Hall–Kier alpha value is -1.67. The molecule has 3 heterocycles. The number of likely N-dealkylation sites (tertiary alicyclic amines) is 1. The number of unbranched alkanes of at least 4 members (excludes halogenated alkanes) is 4. The number of fused-ring (bicyclic) bond motifs is 1. The third kappa shape index (κ3) is 3.86. The molecule has 0 saturated carbocycles. The summed E-state index contributed by atoms with van der Waals surface area (Å²) in [6.07, 6.45) is 5.69. The number of nitrogens with zero attached hydrogens (tertiary/aromatic N) is 1. The van der Waals surface area contributed by atoms with Gasteiger partial charge in [-0.25, -0.2) is 0 Å². The summed E-state index contributed by atoms with van der Waals surface area (Å²) in [5.74, 6) is -1.67. The third-order valence-corrected chi connectivity index (χ3v) is 7.73. The highest BCUT2D eigenvalue weighted by molar-refractivity contribution is 5.99. The summed E-state index contributed by atoms with van der Waals surface area (Å²) in [6, 6.07) is -0.710. The Bertz CT molecular complexity index is 701. The summed E-state index contributed by atoms with van der Waals surface area (Å²) in [5.41, 5.74) is -1.71. The molecule has 6 atom stereocenters. The molecule has 3 rings (SSSR count). The van der Waals surface area contributed by atoms with E-state index < -0.39 is 29.1 Å². The van der Waals surface area contributed by atoms with Gasteiger partial charge in [-0.1, -0.05) is 33.1 Å². The fourth-order valence-corrected chi connectivity index (χ4v) is 6.07. The van der Waals surface area contributed by atoms with Crippen LogP contribution >= 0.6 is 0 Å². The van der Waals surface area contributed by atoms with Gasteiger partial charge in [-0.3, -0.25) is 14.4 Å². The van der Waals surface area contributed by atoms with E-state index >= 15 is 0 Å². The van der Waals surface area contributed by atoms with E-state index in [0.717, 1.165) is 38.5 Å². The van der Waals surface area contributed by atoms with E-state index in [1.165, 1.54) is 0 Å². The highest BCUT2D eigenvalue weighted by atomic mass is 16.5. The zero-order valence-corrected chi connectivity index (χ0v) is 19.4. The van der Waals surface area contributed by atoms with Crippen LogP contribution in [-0.2, 0) is 19.1 Å². The average Bonchev–Trinajstić information content (AvgIpc) is 3.24. The Morgan fingerprint density at radius 2 is 1.90 bits per heavy atom. The van der Waals surface area contributed by atoms with Gasteiger partial charge in [0.15, 0.2) is 0 Å². The first-order valence-corrected chi connectivity index (χ1v) is 11.9. The van der Waals surface area contributed by atoms with Gasteiger partial charge < -0.3 is 25.4 Å². The monoisotopic (exact) mass is 437 g/mol. The number of hydrogen-bond acceptors (Lipinski definition) is 5. The molecule has 3 aliphatic heterocycles. The first kappa shape index (κ1) is 24.0. The second kappa shape index (κ2) is 9.45. The largest absolute Gasteiger partial charge is 0.396 e. The van der Waals surface area contributed by atoms with Gasteiger partial charge >= 0.3 is 0 Å². The lowest BCUT2D eigenvalue weighted by molar-refractivity contribution is -0.147. The molecular weight excluding hydrogens is 398 g/mol. The van der Waals surface area contributed by atoms with Crippen LogP contribution < -0.4 is 10.6 Å². The Balaban J connectivity index is 1.91.